The summed E-state index contributed by atoms with van der Waals surface area (Å²) in [5, 5.41) is 3.42. The van der Waals surface area contributed by atoms with Crippen molar-refractivity contribution in [2.24, 2.45) is 0 Å². The molecule has 1 atom stereocenters. The molecule has 1 unspecified atom stereocenters. The Bertz CT molecular complexity index is 316. The van der Waals surface area contributed by atoms with E-state index < -0.39 is 0 Å². The SMILES string of the molecule is Cc1ccc(C2CCCCN2)cc1F. The van der Waals surface area contributed by atoms with Crippen LogP contribution in [-0.4, -0.2) is 6.54 Å². The molecule has 1 aliphatic rings. The molecule has 1 aromatic carbocycles. The van der Waals surface area contributed by atoms with Gasteiger partial charge in [-0.15, -0.1) is 0 Å². The van der Waals surface area contributed by atoms with Gasteiger partial charge in [0.15, 0.2) is 0 Å². The maximum Gasteiger partial charge on any atom is 0.126 e. The third-order valence-electron chi connectivity index (χ3n) is 2.91. The van der Waals surface area contributed by atoms with Crippen molar-refractivity contribution < 1.29 is 4.39 Å². The molecule has 0 spiro atoms. The fraction of sp³-hybridized carbons (Fsp3) is 0.500. The van der Waals surface area contributed by atoms with Crippen LogP contribution in [0.2, 0.25) is 0 Å². The fourth-order valence-electron chi connectivity index (χ4n) is 1.96. The van der Waals surface area contributed by atoms with E-state index >= 15 is 0 Å². The molecule has 0 aromatic heterocycles. The Kier molecular flexibility index (Phi) is 2.82. The number of aryl methyl sites for hydroxylation is 1. The van der Waals surface area contributed by atoms with Crippen LogP contribution in [0.1, 0.15) is 36.4 Å². The van der Waals surface area contributed by atoms with Gasteiger partial charge < -0.3 is 5.32 Å². The average Bonchev–Trinajstić information content (AvgIpc) is 2.23. The topological polar surface area (TPSA) is 12.0 Å². The molecular weight excluding hydrogens is 177 g/mol. The Hall–Kier alpha value is -0.890. The lowest BCUT2D eigenvalue weighted by molar-refractivity contribution is 0.411. The maximum absolute atomic E-state index is 13.3. The van der Waals surface area contributed by atoms with E-state index in [4.69, 9.17) is 0 Å². The molecule has 0 amide bonds. The molecule has 2 rings (SSSR count). The van der Waals surface area contributed by atoms with Gasteiger partial charge in [-0.05, 0) is 43.5 Å². The number of hydrogen-bond acceptors (Lipinski definition) is 1. The highest BCUT2D eigenvalue weighted by molar-refractivity contribution is 5.26. The number of halogens is 1. The van der Waals surface area contributed by atoms with Crippen molar-refractivity contribution in [2.75, 3.05) is 6.54 Å². The zero-order valence-corrected chi connectivity index (χ0v) is 8.52. The molecule has 1 nitrogen and oxygen atoms in total. The predicted molar refractivity (Wildman–Crippen MR) is 55.7 cm³/mol. The van der Waals surface area contributed by atoms with Gasteiger partial charge in [-0.3, -0.25) is 0 Å². The number of hydrogen-bond donors (Lipinski definition) is 1. The van der Waals surface area contributed by atoms with Crippen molar-refractivity contribution in [3.63, 3.8) is 0 Å². The minimum Gasteiger partial charge on any atom is -0.310 e. The molecule has 14 heavy (non-hydrogen) atoms. The zero-order chi connectivity index (χ0) is 9.97. The molecule has 1 saturated heterocycles. The molecule has 76 valence electrons. The Labute approximate surface area is 84.3 Å². The second-order valence-electron chi connectivity index (χ2n) is 4.01. The Morgan fingerprint density at radius 3 is 2.86 bits per heavy atom. The van der Waals surface area contributed by atoms with Crippen LogP contribution >= 0.6 is 0 Å². The Morgan fingerprint density at radius 2 is 2.21 bits per heavy atom. The summed E-state index contributed by atoms with van der Waals surface area (Å²) in [6, 6.07) is 5.92. The third-order valence-corrected chi connectivity index (χ3v) is 2.91. The first-order valence-corrected chi connectivity index (χ1v) is 5.27. The molecule has 0 saturated carbocycles. The van der Waals surface area contributed by atoms with E-state index in [1.54, 1.807) is 13.0 Å². The highest BCUT2D eigenvalue weighted by Crippen LogP contribution is 2.24. The zero-order valence-electron chi connectivity index (χ0n) is 8.52. The molecule has 1 aromatic rings. The van der Waals surface area contributed by atoms with Crippen LogP contribution in [0.3, 0.4) is 0 Å². The highest BCUT2D eigenvalue weighted by atomic mass is 19.1. The molecular formula is C12H16FN. The lowest BCUT2D eigenvalue weighted by Crippen LogP contribution is -2.26. The summed E-state index contributed by atoms with van der Waals surface area (Å²) in [6.45, 7) is 2.85. The quantitative estimate of drug-likeness (QED) is 0.723. The number of rotatable bonds is 1. The van der Waals surface area contributed by atoms with Crippen LogP contribution in [-0.2, 0) is 0 Å². The standard InChI is InChI=1S/C12H16FN/c1-9-5-6-10(8-11(9)13)12-4-2-3-7-14-12/h5-6,8,12,14H,2-4,7H2,1H3. The summed E-state index contributed by atoms with van der Waals surface area (Å²) >= 11 is 0. The van der Waals surface area contributed by atoms with E-state index in [-0.39, 0.29) is 5.82 Å². The fourth-order valence-corrected chi connectivity index (χ4v) is 1.96. The van der Waals surface area contributed by atoms with E-state index in [0.717, 1.165) is 24.1 Å². The lowest BCUT2D eigenvalue weighted by Gasteiger charge is -2.24. The van der Waals surface area contributed by atoms with Crippen LogP contribution in [0.25, 0.3) is 0 Å². The van der Waals surface area contributed by atoms with Crippen LogP contribution in [0, 0.1) is 12.7 Å². The van der Waals surface area contributed by atoms with Crippen molar-refractivity contribution in [3.8, 4) is 0 Å². The molecule has 1 N–H and O–H groups in total. The first kappa shape index (κ1) is 9.66. The smallest absolute Gasteiger partial charge is 0.126 e. The van der Waals surface area contributed by atoms with Crippen molar-refractivity contribution >= 4 is 0 Å². The minimum absolute atomic E-state index is 0.0881. The van der Waals surface area contributed by atoms with Crippen molar-refractivity contribution in [3.05, 3.63) is 35.1 Å². The monoisotopic (exact) mass is 193 g/mol. The molecule has 1 fully saturated rings. The summed E-state index contributed by atoms with van der Waals surface area (Å²) in [5.74, 6) is -0.0881. The molecule has 1 heterocycles. The normalized spacial score (nSPS) is 22.3. The summed E-state index contributed by atoms with van der Waals surface area (Å²) in [5.41, 5.74) is 1.82. The van der Waals surface area contributed by atoms with Crippen molar-refractivity contribution in [2.45, 2.75) is 32.2 Å². The summed E-state index contributed by atoms with van der Waals surface area (Å²) in [7, 11) is 0. The van der Waals surface area contributed by atoms with E-state index in [2.05, 4.69) is 5.32 Å². The van der Waals surface area contributed by atoms with Crippen LogP contribution in [0.15, 0.2) is 18.2 Å². The van der Waals surface area contributed by atoms with Gasteiger partial charge >= 0.3 is 0 Å². The number of benzene rings is 1. The molecule has 0 radical (unpaired) electrons. The molecule has 1 aliphatic heterocycles. The largest absolute Gasteiger partial charge is 0.310 e. The Morgan fingerprint density at radius 1 is 1.36 bits per heavy atom. The van der Waals surface area contributed by atoms with E-state index in [9.17, 15) is 4.39 Å². The molecule has 0 aliphatic carbocycles. The minimum atomic E-state index is -0.0881. The average molecular weight is 193 g/mol. The van der Waals surface area contributed by atoms with Crippen LogP contribution in [0.5, 0.6) is 0 Å². The number of nitrogens with one attached hydrogen (secondary N) is 1. The Balaban J connectivity index is 2.18. The van der Waals surface area contributed by atoms with Gasteiger partial charge in [0.05, 0.1) is 0 Å². The van der Waals surface area contributed by atoms with E-state index in [0.29, 0.717) is 6.04 Å². The highest BCUT2D eigenvalue weighted by Gasteiger charge is 2.15. The second kappa shape index (κ2) is 4.09. The first-order valence-electron chi connectivity index (χ1n) is 5.27. The predicted octanol–water partition coefficient (Wildman–Crippen LogP) is 2.95. The van der Waals surface area contributed by atoms with Gasteiger partial charge in [0.1, 0.15) is 5.82 Å². The second-order valence-corrected chi connectivity index (χ2v) is 4.01. The summed E-state index contributed by atoms with van der Waals surface area (Å²) in [4.78, 5) is 0. The van der Waals surface area contributed by atoms with Gasteiger partial charge in [-0.2, -0.15) is 0 Å². The maximum atomic E-state index is 13.3. The molecule has 0 bridgehead atoms. The van der Waals surface area contributed by atoms with Crippen LogP contribution < -0.4 is 5.32 Å². The van der Waals surface area contributed by atoms with Gasteiger partial charge in [-0.1, -0.05) is 18.6 Å². The third kappa shape index (κ3) is 1.95. The summed E-state index contributed by atoms with van der Waals surface area (Å²) in [6.07, 6.45) is 3.61. The van der Waals surface area contributed by atoms with Crippen LogP contribution in [0.4, 0.5) is 4.39 Å². The van der Waals surface area contributed by atoms with Crippen molar-refractivity contribution in [1.82, 2.24) is 5.32 Å². The molecule has 2 heteroatoms. The lowest BCUT2D eigenvalue weighted by atomic mass is 9.97. The van der Waals surface area contributed by atoms with Gasteiger partial charge in [0.25, 0.3) is 0 Å². The number of piperidine rings is 1. The van der Waals surface area contributed by atoms with Gasteiger partial charge in [0.2, 0.25) is 0 Å². The van der Waals surface area contributed by atoms with Gasteiger partial charge in [-0.25, -0.2) is 4.39 Å². The van der Waals surface area contributed by atoms with E-state index in [1.165, 1.54) is 12.8 Å². The van der Waals surface area contributed by atoms with E-state index in [1.807, 2.05) is 12.1 Å². The summed E-state index contributed by atoms with van der Waals surface area (Å²) < 4.78 is 13.3. The van der Waals surface area contributed by atoms with Crippen molar-refractivity contribution in [1.29, 1.82) is 0 Å². The first-order chi connectivity index (χ1) is 6.77. The van der Waals surface area contributed by atoms with Gasteiger partial charge in [0, 0.05) is 6.04 Å².